The lowest BCUT2D eigenvalue weighted by molar-refractivity contribution is -0.134. The Hall–Kier alpha value is -2.75. The first-order valence-electron chi connectivity index (χ1n) is 10.6. The van der Waals surface area contributed by atoms with Crippen molar-refractivity contribution in [3.63, 3.8) is 0 Å². The minimum atomic E-state index is -0.621. The first-order chi connectivity index (χ1) is 15.4. The number of amides is 1. The summed E-state index contributed by atoms with van der Waals surface area (Å²) in [7, 11) is 0. The van der Waals surface area contributed by atoms with Crippen molar-refractivity contribution in [1.29, 1.82) is 0 Å². The first kappa shape index (κ1) is 19.9. The molecule has 1 aromatic carbocycles. The molecule has 166 valence electrons. The van der Waals surface area contributed by atoms with Crippen molar-refractivity contribution in [1.82, 2.24) is 19.5 Å². The average Bonchev–Trinajstić information content (AvgIpc) is 3.43. The molecule has 10 heteroatoms. The number of hydrogen-bond acceptors (Lipinski definition) is 5. The van der Waals surface area contributed by atoms with Crippen molar-refractivity contribution in [3.8, 4) is 0 Å². The fraction of sp³-hybridized carbons (Fsp3) is 0.409. The molecule has 2 atom stereocenters. The molecule has 3 fully saturated rings. The summed E-state index contributed by atoms with van der Waals surface area (Å²) in [4.78, 5) is 21.6. The zero-order chi connectivity index (χ0) is 22.0. The van der Waals surface area contributed by atoms with Crippen LogP contribution in [0.4, 0.5) is 19.0 Å². The van der Waals surface area contributed by atoms with Gasteiger partial charge in [-0.3, -0.25) is 4.79 Å². The summed E-state index contributed by atoms with van der Waals surface area (Å²) < 4.78 is 42.4. The van der Waals surface area contributed by atoms with Crippen LogP contribution in [-0.4, -0.2) is 48.6 Å². The van der Waals surface area contributed by atoms with Gasteiger partial charge in [-0.2, -0.15) is 9.61 Å². The third-order valence-electron chi connectivity index (χ3n) is 6.82. The van der Waals surface area contributed by atoms with Crippen LogP contribution in [0.5, 0.6) is 0 Å². The molecule has 0 aliphatic carbocycles. The highest BCUT2D eigenvalue weighted by Gasteiger charge is 2.57. The molecular formula is C22H20F3N5OS. The molecule has 6 nitrogen and oxygen atoms in total. The molecule has 0 bridgehead atoms. The summed E-state index contributed by atoms with van der Waals surface area (Å²) >= 11 is 1.69. The fourth-order valence-corrected chi connectivity index (χ4v) is 7.08. The number of rotatable bonds is 2. The largest absolute Gasteiger partial charge is 0.356 e. The number of hydrogen-bond donors (Lipinski definition) is 0. The second kappa shape index (κ2) is 7.13. The zero-order valence-corrected chi connectivity index (χ0v) is 17.9. The minimum absolute atomic E-state index is 0.0261. The molecule has 3 saturated heterocycles. The normalized spacial score (nSPS) is 24.7. The summed E-state index contributed by atoms with van der Waals surface area (Å²) in [6.07, 6.45) is 5.50. The number of nitrogens with zero attached hydrogens (tertiary/aromatic N) is 5. The lowest BCUT2D eigenvalue weighted by Crippen LogP contribution is -2.48. The van der Waals surface area contributed by atoms with Gasteiger partial charge in [-0.1, -0.05) is 0 Å². The van der Waals surface area contributed by atoms with Crippen molar-refractivity contribution in [2.45, 2.75) is 41.8 Å². The molecule has 6 rings (SSSR count). The van der Waals surface area contributed by atoms with Gasteiger partial charge in [-0.15, -0.1) is 11.8 Å². The number of piperidine rings is 1. The number of aromatic nitrogens is 3. The van der Waals surface area contributed by atoms with E-state index in [1.54, 1.807) is 24.0 Å². The Morgan fingerprint density at radius 2 is 1.81 bits per heavy atom. The lowest BCUT2D eigenvalue weighted by atomic mass is 9.93. The predicted molar refractivity (Wildman–Crippen MR) is 114 cm³/mol. The van der Waals surface area contributed by atoms with E-state index in [9.17, 15) is 18.0 Å². The molecule has 3 aromatic rings. The lowest BCUT2D eigenvalue weighted by Gasteiger charge is -2.38. The van der Waals surface area contributed by atoms with Gasteiger partial charge in [0.2, 0.25) is 5.91 Å². The van der Waals surface area contributed by atoms with Crippen LogP contribution in [0.15, 0.2) is 36.7 Å². The van der Waals surface area contributed by atoms with Gasteiger partial charge in [0, 0.05) is 25.4 Å². The summed E-state index contributed by atoms with van der Waals surface area (Å²) in [6.45, 7) is 1.25. The van der Waals surface area contributed by atoms with Crippen LogP contribution in [0.2, 0.25) is 0 Å². The number of anilines is 1. The van der Waals surface area contributed by atoms with E-state index < -0.39 is 22.2 Å². The predicted octanol–water partition coefficient (Wildman–Crippen LogP) is 3.92. The van der Waals surface area contributed by atoms with Crippen molar-refractivity contribution < 1.29 is 18.0 Å². The second-order valence-corrected chi connectivity index (χ2v) is 10.2. The molecule has 1 amide bonds. The molecule has 32 heavy (non-hydrogen) atoms. The Balaban J connectivity index is 1.24. The van der Waals surface area contributed by atoms with Crippen molar-refractivity contribution >= 4 is 29.1 Å². The maximum absolute atomic E-state index is 13.9. The van der Waals surface area contributed by atoms with Gasteiger partial charge in [0.1, 0.15) is 22.2 Å². The Morgan fingerprint density at radius 1 is 1.06 bits per heavy atom. The van der Waals surface area contributed by atoms with Crippen LogP contribution in [0.3, 0.4) is 0 Å². The summed E-state index contributed by atoms with van der Waals surface area (Å²) in [6, 6.07) is 5.02. The quantitative estimate of drug-likeness (QED) is 0.582. The van der Waals surface area contributed by atoms with Gasteiger partial charge in [-0.05, 0) is 49.4 Å². The maximum atomic E-state index is 13.9. The molecule has 5 heterocycles. The van der Waals surface area contributed by atoms with Gasteiger partial charge in [0.05, 0.1) is 17.6 Å². The summed E-state index contributed by atoms with van der Waals surface area (Å²) in [5, 5.41) is 4.12. The molecule has 3 aliphatic heterocycles. The van der Waals surface area contributed by atoms with Crippen LogP contribution in [0.25, 0.3) is 5.65 Å². The Labute approximate surface area is 186 Å². The highest BCUT2D eigenvalue weighted by molar-refractivity contribution is 8.02. The highest BCUT2D eigenvalue weighted by Crippen LogP contribution is 2.55. The number of thioether (sulfide) groups is 1. The molecule has 2 aromatic heterocycles. The standard InChI is InChI=1S/C22H20F3N5OS/c23-14-9-13(10-15(24)11-14)17-1-2-19-29(17)21(31)22(32-19)4-7-28(8-5-22)18-3-6-26-20-16(25)12-27-30(18)20/h3,6,9-12,17,19H,1-2,4-5,7-8H2/t17-,19?/m0/s1. The second-order valence-electron chi connectivity index (χ2n) is 8.59. The van der Waals surface area contributed by atoms with E-state index in [1.807, 2.05) is 4.90 Å². The molecule has 1 unspecified atom stereocenters. The number of carbonyl (C=O) groups excluding carboxylic acids is 1. The summed E-state index contributed by atoms with van der Waals surface area (Å²) in [5.74, 6) is -0.904. The van der Waals surface area contributed by atoms with Crippen LogP contribution in [0, 0.1) is 17.5 Å². The topological polar surface area (TPSA) is 53.7 Å². The van der Waals surface area contributed by atoms with E-state index >= 15 is 0 Å². The zero-order valence-electron chi connectivity index (χ0n) is 17.0. The third-order valence-corrected chi connectivity index (χ3v) is 8.59. The van der Waals surface area contributed by atoms with E-state index in [2.05, 4.69) is 15.0 Å². The Bertz CT molecular complexity index is 1210. The van der Waals surface area contributed by atoms with Crippen LogP contribution in [0.1, 0.15) is 37.3 Å². The Morgan fingerprint density at radius 3 is 2.56 bits per heavy atom. The van der Waals surface area contributed by atoms with Crippen LogP contribution < -0.4 is 4.90 Å². The van der Waals surface area contributed by atoms with Crippen molar-refractivity contribution in [3.05, 3.63) is 59.7 Å². The van der Waals surface area contributed by atoms with Gasteiger partial charge in [-0.25, -0.2) is 18.2 Å². The van der Waals surface area contributed by atoms with Crippen LogP contribution >= 0.6 is 11.8 Å². The smallest absolute Gasteiger partial charge is 0.240 e. The van der Waals surface area contributed by atoms with Crippen molar-refractivity contribution in [2.75, 3.05) is 18.0 Å². The molecular weight excluding hydrogens is 439 g/mol. The first-order valence-corrected chi connectivity index (χ1v) is 11.5. The SMILES string of the molecule is O=C1N2C(CC[C@H]2c2cc(F)cc(F)c2)SC12CCN(c1ccnc3c(F)cnn13)CC2. The van der Waals surface area contributed by atoms with E-state index in [0.29, 0.717) is 37.9 Å². The number of fused-ring (bicyclic) bond motifs is 2. The monoisotopic (exact) mass is 459 g/mol. The summed E-state index contributed by atoms with van der Waals surface area (Å²) in [5.41, 5.74) is 0.702. The van der Waals surface area contributed by atoms with Gasteiger partial charge < -0.3 is 9.80 Å². The molecule has 3 aliphatic rings. The number of carbonyl (C=O) groups is 1. The number of halogens is 3. The van der Waals surface area contributed by atoms with Gasteiger partial charge in [0.25, 0.3) is 0 Å². The van der Waals surface area contributed by atoms with E-state index in [-0.39, 0.29) is 23.0 Å². The third kappa shape index (κ3) is 2.92. The highest BCUT2D eigenvalue weighted by atomic mass is 32.2. The van der Waals surface area contributed by atoms with E-state index in [1.165, 1.54) is 16.6 Å². The van der Waals surface area contributed by atoms with E-state index in [0.717, 1.165) is 24.5 Å². The molecule has 0 radical (unpaired) electrons. The molecule has 0 N–H and O–H groups in total. The van der Waals surface area contributed by atoms with Crippen LogP contribution in [-0.2, 0) is 4.79 Å². The number of benzene rings is 1. The molecule has 0 saturated carbocycles. The van der Waals surface area contributed by atoms with Crippen molar-refractivity contribution in [2.24, 2.45) is 0 Å². The van der Waals surface area contributed by atoms with E-state index in [4.69, 9.17) is 0 Å². The van der Waals surface area contributed by atoms with Gasteiger partial charge in [0.15, 0.2) is 11.5 Å². The minimum Gasteiger partial charge on any atom is -0.356 e. The Kier molecular flexibility index (Phi) is 4.43. The maximum Gasteiger partial charge on any atom is 0.240 e. The fourth-order valence-electron chi connectivity index (χ4n) is 5.33. The van der Waals surface area contributed by atoms with Gasteiger partial charge >= 0.3 is 0 Å². The molecule has 1 spiro atoms. The average molecular weight is 459 g/mol.